The van der Waals surface area contributed by atoms with Crippen molar-refractivity contribution in [3.8, 4) is 5.88 Å². The van der Waals surface area contributed by atoms with Crippen molar-refractivity contribution in [2.75, 3.05) is 0 Å². The third-order valence-corrected chi connectivity index (χ3v) is 3.58. The maximum Gasteiger partial charge on any atom is 0.309 e. The molecule has 96 valence electrons. The quantitative estimate of drug-likeness (QED) is 0.511. The van der Waals surface area contributed by atoms with Gasteiger partial charge in [-0.2, -0.15) is 0 Å². The topological polar surface area (TPSA) is 57.0 Å². The lowest BCUT2D eigenvalue weighted by Crippen LogP contribution is -2.02. The van der Waals surface area contributed by atoms with E-state index in [4.69, 9.17) is 16.3 Å². The first kappa shape index (κ1) is 12.3. The summed E-state index contributed by atoms with van der Waals surface area (Å²) in [6, 6.07) is 3.41. The third-order valence-electron chi connectivity index (χ3n) is 2.74. The fourth-order valence-electron chi connectivity index (χ4n) is 2.00. The molecule has 0 aliphatic heterocycles. The Bertz CT molecular complexity index is 815. The van der Waals surface area contributed by atoms with Gasteiger partial charge in [0.15, 0.2) is 0 Å². The molecule has 7 heteroatoms. The van der Waals surface area contributed by atoms with Crippen LogP contribution in [-0.4, -0.2) is 20.3 Å². The van der Waals surface area contributed by atoms with E-state index in [1.54, 1.807) is 24.5 Å². The summed E-state index contributed by atoms with van der Waals surface area (Å²) in [5.41, 5.74) is 1.57. The van der Waals surface area contributed by atoms with Crippen molar-refractivity contribution in [3.05, 3.63) is 29.5 Å². The lowest BCUT2D eigenvalue weighted by molar-refractivity contribution is -0.132. The minimum absolute atomic E-state index is 0.248. The van der Waals surface area contributed by atoms with Crippen LogP contribution in [0.5, 0.6) is 5.88 Å². The minimum atomic E-state index is -0.411. The van der Waals surface area contributed by atoms with E-state index in [1.807, 2.05) is 4.34 Å². The maximum absolute atomic E-state index is 11.0. The molecule has 0 fully saturated rings. The number of halogens is 1. The highest BCUT2D eigenvalue weighted by Gasteiger charge is 2.14. The van der Waals surface area contributed by atoms with E-state index < -0.39 is 5.97 Å². The van der Waals surface area contributed by atoms with Crippen molar-refractivity contribution in [2.45, 2.75) is 6.92 Å². The second-order valence-electron chi connectivity index (χ2n) is 3.99. The van der Waals surface area contributed by atoms with Crippen LogP contribution in [0.15, 0.2) is 24.5 Å². The molecule has 1 atom stereocenters. The summed E-state index contributed by atoms with van der Waals surface area (Å²) >= 11 is 6.22. The number of hydrogen-bond acceptors (Lipinski definition) is 4. The Morgan fingerprint density at radius 3 is 3.00 bits per heavy atom. The number of rotatable bonds is 1. The number of ether oxygens (including phenoxy) is 1. The standard InChI is InChI=1S/C12H9ClN3O2P/c1-6(17)18-10-4-7-9(5-15-10)16(19)12-11(7)8(13)2-3-14-12/h2-5H,19H2,1H3. The van der Waals surface area contributed by atoms with Crippen LogP contribution >= 0.6 is 21.0 Å². The number of carbonyl (C=O) groups excluding carboxylic acids is 1. The van der Waals surface area contributed by atoms with E-state index in [0.29, 0.717) is 5.02 Å². The number of aromatic nitrogens is 3. The SMILES string of the molecule is CC(=O)Oc1cc2c3c(Cl)ccnc3n(P)c2cn1. The summed E-state index contributed by atoms with van der Waals surface area (Å²) in [6.07, 6.45) is 3.27. The zero-order valence-corrected chi connectivity index (χ0v) is 11.8. The normalized spacial score (nSPS) is 11.1. The molecule has 0 aliphatic carbocycles. The van der Waals surface area contributed by atoms with Gasteiger partial charge in [0.05, 0.1) is 16.7 Å². The summed E-state index contributed by atoms with van der Waals surface area (Å²) < 4.78 is 6.81. The molecule has 0 spiro atoms. The largest absolute Gasteiger partial charge is 0.408 e. The van der Waals surface area contributed by atoms with Gasteiger partial charge in [0.25, 0.3) is 0 Å². The van der Waals surface area contributed by atoms with Crippen LogP contribution in [0.4, 0.5) is 0 Å². The summed E-state index contributed by atoms with van der Waals surface area (Å²) in [4.78, 5) is 19.4. The predicted molar refractivity (Wildman–Crippen MR) is 76.5 cm³/mol. The number of nitrogens with zero attached hydrogens (tertiary/aromatic N) is 3. The Hall–Kier alpha value is -1.71. The van der Waals surface area contributed by atoms with Crippen molar-refractivity contribution in [1.29, 1.82) is 0 Å². The minimum Gasteiger partial charge on any atom is -0.408 e. The number of fused-ring (bicyclic) bond motifs is 3. The van der Waals surface area contributed by atoms with Gasteiger partial charge in [0.1, 0.15) is 5.65 Å². The third kappa shape index (κ3) is 1.95. The molecular weight excluding hydrogens is 285 g/mol. The van der Waals surface area contributed by atoms with E-state index in [0.717, 1.165) is 21.9 Å². The van der Waals surface area contributed by atoms with E-state index >= 15 is 0 Å². The molecule has 0 aliphatic rings. The van der Waals surface area contributed by atoms with Gasteiger partial charge < -0.3 is 9.07 Å². The summed E-state index contributed by atoms with van der Waals surface area (Å²) in [7, 11) is 2.57. The van der Waals surface area contributed by atoms with E-state index in [1.165, 1.54) is 6.92 Å². The fourth-order valence-corrected chi connectivity index (χ4v) is 2.64. The van der Waals surface area contributed by atoms with Crippen LogP contribution in [0.1, 0.15) is 6.92 Å². The molecule has 0 aromatic carbocycles. The average molecular weight is 294 g/mol. The lowest BCUT2D eigenvalue weighted by Gasteiger charge is -2.00. The predicted octanol–water partition coefficient (Wildman–Crippen LogP) is 2.80. The molecular formula is C12H9ClN3O2P. The molecule has 0 saturated heterocycles. The zero-order chi connectivity index (χ0) is 13.6. The molecule has 5 nitrogen and oxygen atoms in total. The van der Waals surface area contributed by atoms with Crippen molar-refractivity contribution < 1.29 is 9.53 Å². The lowest BCUT2D eigenvalue weighted by atomic mass is 10.2. The van der Waals surface area contributed by atoms with E-state index in [9.17, 15) is 4.79 Å². The van der Waals surface area contributed by atoms with Crippen molar-refractivity contribution in [3.63, 3.8) is 0 Å². The molecule has 3 aromatic heterocycles. The van der Waals surface area contributed by atoms with Crippen LogP contribution in [0.3, 0.4) is 0 Å². The average Bonchev–Trinajstić information content (AvgIpc) is 2.64. The van der Waals surface area contributed by atoms with Crippen molar-refractivity contribution >= 4 is 48.9 Å². The van der Waals surface area contributed by atoms with Crippen LogP contribution in [0.2, 0.25) is 5.02 Å². The first-order chi connectivity index (χ1) is 9.08. The second-order valence-corrected chi connectivity index (χ2v) is 4.92. The Balaban J connectivity index is 2.38. The van der Waals surface area contributed by atoms with Gasteiger partial charge in [-0.15, -0.1) is 0 Å². The summed E-state index contributed by atoms with van der Waals surface area (Å²) in [5, 5.41) is 2.25. The van der Waals surface area contributed by atoms with Gasteiger partial charge in [-0.3, -0.25) is 4.79 Å². The molecule has 3 heterocycles. The molecule has 0 radical (unpaired) electrons. The van der Waals surface area contributed by atoms with Crippen LogP contribution in [0, 0.1) is 0 Å². The molecule has 0 saturated carbocycles. The van der Waals surface area contributed by atoms with Gasteiger partial charge in [-0.1, -0.05) is 11.6 Å². The van der Waals surface area contributed by atoms with E-state index in [2.05, 4.69) is 19.4 Å². The van der Waals surface area contributed by atoms with Gasteiger partial charge in [-0.25, -0.2) is 9.97 Å². The number of pyridine rings is 2. The highest BCUT2D eigenvalue weighted by Crippen LogP contribution is 2.34. The van der Waals surface area contributed by atoms with Crippen molar-refractivity contribution in [2.24, 2.45) is 0 Å². The Morgan fingerprint density at radius 2 is 2.26 bits per heavy atom. The summed E-state index contributed by atoms with van der Waals surface area (Å²) in [6.45, 7) is 1.33. The van der Waals surface area contributed by atoms with Crippen LogP contribution in [-0.2, 0) is 4.79 Å². The Labute approximate surface area is 115 Å². The number of carbonyl (C=O) groups is 1. The van der Waals surface area contributed by atoms with Crippen LogP contribution in [0.25, 0.3) is 21.9 Å². The molecule has 0 N–H and O–H groups in total. The zero-order valence-electron chi connectivity index (χ0n) is 9.92. The van der Waals surface area contributed by atoms with Gasteiger partial charge in [0, 0.05) is 30.0 Å². The molecule has 0 bridgehead atoms. The van der Waals surface area contributed by atoms with Crippen molar-refractivity contribution in [1.82, 2.24) is 14.3 Å². The smallest absolute Gasteiger partial charge is 0.309 e. The monoisotopic (exact) mass is 293 g/mol. The van der Waals surface area contributed by atoms with Gasteiger partial charge in [0.2, 0.25) is 5.88 Å². The molecule has 3 rings (SSSR count). The maximum atomic E-state index is 11.0. The van der Waals surface area contributed by atoms with Crippen LogP contribution < -0.4 is 4.74 Å². The molecule has 3 aromatic rings. The fraction of sp³-hybridized carbons (Fsp3) is 0.0833. The number of hydrogen-bond donors (Lipinski definition) is 0. The Kier molecular flexibility index (Phi) is 2.88. The molecule has 0 amide bonds. The summed E-state index contributed by atoms with van der Waals surface area (Å²) in [5.74, 6) is -0.164. The van der Waals surface area contributed by atoms with E-state index in [-0.39, 0.29) is 5.88 Å². The highest BCUT2D eigenvalue weighted by molar-refractivity contribution is 7.15. The highest BCUT2D eigenvalue weighted by atomic mass is 35.5. The first-order valence-electron chi connectivity index (χ1n) is 5.46. The Morgan fingerprint density at radius 1 is 1.47 bits per heavy atom. The second kappa shape index (κ2) is 4.44. The first-order valence-corrected chi connectivity index (χ1v) is 6.35. The van der Waals surface area contributed by atoms with Gasteiger partial charge >= 0.3 is 5.97 Å². The number of esters is 1. The molecule has 1 unspecified atom stereocenters. The van der Waals surface area contributed by atoms with Gasteiger partial charge in [-0.05, 0) is 15.5 Å². The molecule has 19 heavy (non-hydrogen) atoms.